The number of amides is 1. The van der Waals surface area contributed by atoms with Crippen molar-refractivity contribution in [2.24, 2.45) is 11.8 Å². The summed E-state index contributed by atoms with van der Waals surface area (Å²) in [4.78, 5) is 22.7. The Morgan fingerprint density at radius 2 is 1.86 bits per heavy atom. The van der Waals surface area contributed by atoms with Gasteiger partial charge in [-0.3, -0.25) is 9.69 Å². The van der Waals surface area contributed by atoms with Crippen LogP contribution in [0.25, 0.3) is 11.0 Å². The molecule has 0 spiro atoms. The van der Waals surface area contributed by atoms with Crippen LogP contribution in [0.5, 0.6) is 0 Å². The SMILES string of the molecule is Cc1nc2ccccc2n1C1CC2CCN(C1)C2CC[C@H](NC(=O)C1CN(C)C1)c1ccccc1. The molecule has 0 saturated carbocycles. The first-order valence-corrected chi connectivity index (χ1v) is 13.3. The van der Waals surface area contributed by atoms with Crippen molar-refractivity contribution in [3.63, 3.8) is 0 Å². The van der Waals surface area contributed by atoms with E-state index in [1.807, 2.05) is 0 Å². The zero-order valence-electron chi connectivity index (χ0n) is 20.9. The standard InChI is InChI=1S/C29H37N5O/c1-20-30-26-10-6-7-11-28(26)34(20)24-16-22-14-15-33(19-24)27(22)13-12-25(21-8-4-3-5-9-21)31-29(35)23-17-32(2)18-23/h3-11,22-25,27H,12-19H2,1-2H3,(H,31,35)/t22?,24?,25-,27?/m0/s1. The number of rotatable bonds is 7. The minimum Gasteiger partial charge on any atom is -0.349 e. The Labute approximate surface area is 208 Å². The number of aromatic nitrogens is 2. The highest BCUT2D eigenvalue weighted by atomic mass is 16.2. The number of nitrogens with one attached hydrogen (secondary N) is 1. The molecule has 2 aromatic carbocycles. The molecule has 1 amide bonds. The average Bonchev–Trinajstić information content (AvgIpc) is 3.30. The van der Waals surface area contributed by atoms with E-state index < -0.39 is 0 Å². The van der Waals surface area contributed by atoms with E-state index in [1.165, 1.54) is 30.5 Å². The lowest BCUT2D eigenvalue weighted by Gasteiger charge is -2.40. The van der Waals surface area contributed by atoms with Crippen LogP contribution in [0, 0.1) is 18.8 Å². The molecule has 6 nitrogen and oxygen atoms in total. The average molecular weight is 472 g/mol. The van der Waals surface area contributed by atoms with Gasteiger partial charge in [-0.2, -0.15) is 0 Å². The topological polar surface area (TPSA) is 53.4 Å². The van der Waals surface area contributed by atoms with Crippen LogP contribution >= 0.6 is 0 Å². The Kier molecular flexibility index (Phi) is 6.11. The maximum Gasteiger partial charge on any atom is 0.226 e. The number of para-hydroxylation sites is 2. The van der Waals surface area contributed by atoms with Crippen LogP contribution in [0.15, 0.2) is 54.6 Å². The smallest absolute Gasteiger partial charge is 0.226 e. The van der Waals surface area contributed by atoms with Gasteiger partial charge in [0.1, 0.15) is 5.82 Å². The van der Waals surface area contributed by atoms with E-state index in [0.29, 0.717) is 18.0 Å². The van der Waals surface area contributed by atoms with E-state index in [0.717, 1.165) is 43.8 Å². The van der Waals surface area contributed by atoms with Crippen molar-refractivity contribution < 1.29 is 4.79 Å². The van der Waals surface area contributed by atoms with Gasteiger partial charge in [-0.25, -0.2) is 4.98 Å². The van der Waals surface area contributed by atoms with Crippen molar-refractivity contribution in [1.82, 2.24) is 24.7 Å². The van der Waals surface area contributed by atoms with Gasteiger partial charge < -0.3 is 14.8 Å². The quantitative estimate of drug-likeness (QED) is 0.562. The van der Waals surface area contributed by atoms with Crippen LogP contribution in [-0.4, -0.2) is 64.5 Å². The highest BCUT2D eigenvalue weighted by Crippen LogP contribution is 2.42. The lowest BCUT2D eigenvalue weighted by Crippen LogP contribution is -2.52. The number of nitrogens with zero attached hydrogens (tertiary/aromatic N) is 4. The van der Waals surface area contributed by atoms with E-state index in [4.69, 9.17) is 4.98 Å². The molecule has 2 bridgehead atoms. The summed E-state index contributed by atoms with van der Waals surface area (Å²) in [6.07, 6.45) is 4.63. The highest BCUT2D eigenvalue weighted by Gasteiger charge is 2.42. The maximum absolute atomic E-state index is 12.9. The van der Waals surface area contributed by atoms with Crippen LogP contribution < -0.4 is 5.32 Å². The van der Waals surface area contributed by atoms with Gasteiger partial charge in [-0.15, -0.1) is 0 Å². The molecule has 1 aromatic heterocycles. The maximum atomic E-state index is 12.9. The number of hydrogen-bond donors (Lipinski definition) is 1. The number of fused-ring (bicyclic) bond motifs is 3. The van der Waals surface area contributed by atoms with Crippen LogP contribution in [-0.2, 0) is 4.79 Å². The van der Waals surface area contributed by atoms with E-state index in [-0.39, 0.29) is 17.9 Å². The Balaban J connectivity index is 1.14. The van der Waals surface area contributed by atoms with E-state index >= 15 is 0 Å². The first-order chi connectivity index (χ1) is 17.1. The lowest BCUT2D eigenvalue weighted by molar-refractivity contribution is -0.130. The zero-order valence-corrected chi connectivity index (χ0v) is 20.9. The van der Waals surface area contributed by atoms with Crippen LogP contribution in [0.4, 0.5) is 0 Å². The summed E-state index contributed by atoms with van der Waals surface area (Å²) in [5, 5.41) is 3.41. The second-order valence-corrected chi connectivity index (χ2v) is 11.0. The summed E-state index contributed by atoms with van der Waals surface area (Å²) in [5.74, 6) is 2.19. The number of carbonyl (C=O) groups is 1. The summed E-state index contributed by atoms with van der Waals surface area (Å²) < 4.78 is 2.49. The molecule has 35 heavy (non-hydrogen) atoms. The molecule has 6 heteroatoms. The molecular formula is C29H37N5O. The molecule has 0 aliphatic carbocycles. The van der Waals surface area contributed by atoms with Crippen molar-refractivity contribution in [2.75, 3.05) is 33.2 Å². The van der Waals surface area contributed by atoms with E-state index in [1.54, 1.807) is 0 Å². The number of piperidine rings is 1. The summed E-state index contributed by atoms with van der Waals surface area (Å²) in [7, 11) is 2.08. The van der Waals surface area contributed by atoms with Crippen molar-refractivity contribution in [3.05, 3.63) is 66.0 Å². The van der Waals surface area contributed by atoms with Crippen molar-refractivity contribution in [1.29, 1.82) is 0 Å². The molecule has 3 saturated heterocycles. The molecule has 5 atom stereocenters. The van der Waals surface area contributed by atoms with Gasteiger partial charge in [0.15, 0.2) is 0 Å². The number of aryl methyl sites for hydroxylation is 1. The van der Waals surface area contributed by atoms with Gasteiger partial charge in [0.2, 0.25) is 5.91 Å². The highest BCUT2D eigenvalue weighted by molar-refractivity contribution is 5.80. The summed E-state index contributed by atoms with van der Waals surface area (Å²) in [6.45, 7) is 6.18. The van der Waals surface area contributed by atoms with Crippen molar-refractivity contribution in [3.8, 4) is 0 Å². The van der Waals surface area contributed by atoms with E-state index in [2.05, 4.69) is 88.3 Å². The molecule has 4 unspecified atom stereocenters. The van der Waals surface area contributed by atoms with Crippen molar-refractivity contribution in [2.45, 2.75) is 50.7 Å². The van der Waals surface area contributed by atoms with Gasteiger partial charge in [0, 0.05) is 31.7 Å². The number of carbonyl (C=O) groups excluding carboxylic acids is 1. The molecule has 3 fully saturated rings. The monoisotopic (exact) mass is 471 g/mol. The molecular weight excluding hydrogens is 434 g/mol. The third-order valence-corrected chi connectivity index (χ3v) is 8.66. The van der Waals surface area contributed by atoms with Crippen LogP contribution in [0.1, 0.15) is 49.2 Å². The minimum atomic E-state index is 0.0905. The first kappa shape index (κ1) is 22.7. The predicted molar refractivity (Wildman–Crippen MR) is 139 cm³/mol. The third kappa shape index (κ3) is 4.38. The van der Waals surface area contributed by atoms with Crippen molar-refractivity contribution >= 4 is 16.9 Å². The fourth-order valence-corrected chi connectivity index (χ4v) is 6.91. The Morgan fingerprint density at radius 1 is 1.09 bits per heavy atom. The normalized spacial score (nSPS) is 27.6. The summed E-state index contributed by atoms with van der Waals surface area (Å²) >= 11 is 0. The lowest BCUT2D eigenvalue weighted by atomic mass is 9.85. The first-order valence-electron chi connectivity index (χ1n) is 13.3. The Morgan fingerprint density at radius 3 is 2.63 bits per heavy atom. The molecule has 4 heterocycles. The minimum absolute atomic E-state index is 0.0905. The molecule has 1 N–H and O–H groups in total. The van der Waals surface area contributed by atoms with Gasteiger partial charge in [-0.1, -0.05) is 42.5 Å². The van der Waals surface area contributed by atoms with Gasteiger partial charge in [0.05, 0.1) is 23.0 Å². The summed E-state index contributed by atoms with van der Waals surface area (Å²) in [6, 6.07) is 20.3. The number of hydrogen-bond acceptors (Lipinski definition) is 4. The molecule has 3 aromatic rings. The molecule has 6 rings (SSSR count). The second-order valence-electron chi connectivity index (χ2n) is 11.0. The number of benzene rings is 2. The fraction of sp³-hybridized carbons (Fsp3) is 0.517. The number of imidazole rings is 1. The molecule has 3 aliphatic heterocycles. The third-order valence-electron chi connectivity index (χ3n) is 8.66. The second kappa shape index (κ2) is 9.40. The molecule has 184 valence electrons. The number of likely N-dealkylation sites (tertiary alicyclic amines) is 1. The van der Waals surface area contributed by atoms with Crippen LogP contribution in [0.2, 0.25) is 0 Å². The zero-order chi connectivity index (χ0) is 23.9. The molecule has 3 aliphatic rings. The van der Waals surface area contributed by atoms with Gasteiger partial charge >= 0.3 is 0 Å². The van der Waals surface area contributed by atoms with Crippen LogP contribution in [0.3, 0.4) is 0 Å². The fourth-order valence-electron chi connectivity index (χ4n) is 6.91. The Bertz CT molecular complexity index is 1170. The largest absolute Gasteiger partial charge is 0.349 e. The Hall–Kier alpha value is -2.70. The summed E-state index contributed by atoms with van der Waals surface area (Å²) in [5.41, 5.74) is 3.60. The molecule has 0 radical (unpaired) electrons. The van der Waals surface area contributed by atoms with Gasteiger partial charge in [0.25, 0.3) is 0 Å². The van der Waals surface area contributed by atoms with Gasteiger partial charge in [-0.05, 0) is 69.8 Å². The predicted octanol–water partition coefficient (Wildman–Crippen LogP) is 4.18. The van der Waals surface area contributed by atoms with E-state index in [9.17, 15) is 4.79 Å².